The molecular weight excluding hydrogens is 324 g/mol. The molecule has 3 aromatic rings. The minimum atomic E-state index is 0.598. The molecule has 0 aliphatic heterocycles. The molecular formula is C21H24N4O. The first-order valence-corrected chi connectivity index (χ1v) is 8.68. The number of aryl methyl sites for hydroxylation is 2. The standard InChI is InChI=1S/C21H24N4O/c1-15-4-8-18(9-5-15)24-21-23-16(2)14-20(25-21)22-13-12-17-6-10-19(26-3)11-7-17/h4-11,14H,12-13H2,1-3H3,(H2,22,23,24,25). The predicted molar refractivity (Wildman–Crippen MR) is 106 cm³/mol. The van der Waals surface area contributed by atoms with Gasteiger partial charge in [0.1, 0.15) is 11.6 Å². The monoisotopic (exact) mass is 348 g/mol. The third kappa shape index (κ3) is 4.96. The average molecular weight is 348 g/mol. The summed E-state index contributed by atoms with van der Waals surface area (Å²) in [7, 11) is 1.68. The van der Waals surface area contributed by atoms with Crippen molar-refractivity contribution in [3.63, 3.8) is 0 Å². The summed E-state index contributed by atoms with van der Waals surface area (Å²) in [6.07, 6.45) is 0.910. The summed E-state index contributed by atoms with van der Waals surface area (Å²) in [6, 6.07) is 18.2. The van der Waals surface area contributed by atoms with E-state index in [9.17, 15) is 0 Å². The van der Waals surface area contributed by atoms with Crippen LogP contribution in [0.25, 0.3) is 0 Å². The van der Waals surface area contributed by atoms with Crippen molar-refractivity contribution >= 4 is 17.5 Å². The van der Waals surface area contributed by atoms with Crippen molar-refractivity contribution in [3.05, 3.63) is 71.4 Å². The Bertz CT molecular complexity index is 845. The molecule has 0 saturated heterocycles. The Balaban J connectivity index is 1.60. The minimum absolute atomic E-state index is 0.598. The number of aromatic nitrogens is 2. The van der Waals surface area contributed by atoms with Crippen molar-refractivity contribution < 1.29 is 4.74 Å². The van der Waals surface area contributed by atoms with Crippen molar-refractivity contribution in [1.82, 2.24) is 9.97 Å². The number of hydrogen-bond acceptors (Lipinski definition) is 5. The van der Waals surface area contributed by atoms with E-state index in [0.717, 1.165) is 35.9 Å². The van der Waals surface area contributed by atoms with Gasteiger partial charge in [-0.15, -0.1) is 0 Å². The number of methoxy groups -OCH3 is 1. The van der Waals surface area contributed by atoms with Crippen LogP contribution in [0.1, 0.15) is 16.8 Å². The molecule has 0 spiro atoms. The average Bonchev–Trinajstić information content (AvgIpc) is 2.64. The van der Waals surface area contributed by atoms with Gasteiger partial charge in [0, 0.05) is 24.0 Å². The van der Waals surface area contributed by atoms with E-state index < -0.39 is 0 Å². The zero-order valence-corrected chi connectivity index (χ0v) is 15.4. The van der Waals surface area contributed by atoms with Crippen LogP contribution in [0, 0.1) is 13.8 Å². The number of hydrogen-bond donors (Lipinski definition) is 2. The molecule has 0 radical (unpaired) electrons. The summed E-state index contributed by atoms with van der Waals surface area (Å²) < 4.78 is 5.19. The summed E-state index contributed by atoms with van der Waals surface area (Å²) >= 11 is 0. The number of rotatable bonds is 7. The van der Waals surface area contributed by atoms with E-state index in [4.69, 9.17) is 4.74 Å². The molecule has 0 aliphatic carbocycles. The van der Waals surface area contributed by atoms with Gasteiger partial charge in [0.15, 0.2) is 0 Å². The fraction of sp³-hybridized carbons (Fsp3) is 0.238. The SMILES string of the molecule is COc1ccc(CCNc2cc(C)nc(Nc3ccc(C)cc3)n2)cc1. The highest BCUT2D eigenvalue weighted by Gasteiger charge is 2.03. The summed E-state index contributed by atoms with van der Waals surface area (Å²) in [6.45, 7) is 4.83. The maximum Gasteiger partial charge on any atom is 0.229 e. The fourth-order valence-electron chi connectivity index (χ4n) is 2.61. The van der Waals surface area contributed by atoms with E-state index in [1.807, 2.05) is 37.3 Å². The Hall–Kier alpha value is -3.08. The zero-order chi connectivity index (χ0) is 18.4. The van der Waals surface area contributed by atoms with Crippen LogP contribution in [0.2, 0.25) is 0 Å². The minimum Gasteiger partial charge on any atom is -0.497 e. The molecule has 2 N–H and O–H groups in total. The Morgan fingerprint density at radius 1 is 0.923 bits per heavy atom. The highest BCUT2D eigenvalue weighted by Crippen LogP contribution is 2.17. The third-order valence-corrected chi connectivity index (χ3v) is 4.04. The van der Waals surface area contributed by atoms with E-state index >= 15 is 0 Å². The molecule has 134 valence electrons. The second kappa shape index (κ2) is 8.34. The first-order valence-electron chi connectivity index (χ1n) is 8.68. The highest BCUT2D eigenvalue weighted by atomic mass is 16.5. The number of benzene rings is 2. The lowest BCUT2D eigenvalue weighted by Gasteiger charge is -2.10. The number of nitrogens with zero attached hydrogens (tertiary/aromatic N) is 2. The lowest BCUT2D eigenvalue weighted by atomic mass is 10.1. The number of nitrogens with one attached hydrogen (secondary N) is 2. The highest BCUT2D eigenvalue weighted by molar-refractivity contribution is 5.55. The van der Waals surface area contributed by atoms with Crippen LogP contribution in [0.3, 0.4) is 0 Å². The van der Waals surface area contributed by atoms with Gasteiger partial charge < -0.3 is 15.4 Å². The molecule has 0 bridgehead atoms. The van der Waals surface area contributed by atoms with Gasteiger partial charge >= 0.3 is 0 Å². The fourth-order valence-corrected chi connectivity index (χ4v) is 2.61. The molecule has 0 atom stereocenters. The molecule has 1 heterocycles. The smallest absolute Gasteiger partial charge is 0.229 e. The second-order valence-corrected chi connectivity index (χ2v) is 6.23. The van der Waals surface area contributed by atoms with Crippen molar-refractivity contribution in [2.45, 2.75) is 20.3 Å². The van der Waals surface area contributed by atoms with Crippen LogP contribution in [0.15, 0.2) is 54.6 Å². The molecule has 5 heteroatoms. The summed E-state index contributed by atoms with van der Waals surface area (Å²) in [5, 5.41) is 6.63. The maximum absolute atomic E-state index is 5.19. The van der Waals surface area contributed by atoms with Crippen LogP contribution in [0.5, 0.6) is 5.75 Å². The molecule has 0 unspecified atom stereocenters. The molecule has 0 amide bonds. The van der Waals surface area contributed by atoms with Gasteiger partial charge in [0.05, 0.1) is 7.11 Å². The van der Waals surface area contributed by atoms with E-state index in [2.05, 4.69) is 51.8 Å². The molecule has 5 nitrogen and oxygen atoms in total. The van der Waals surface area contributed by atoms with E-state index in [1.165, 1.54) is 11.1 Å². The summed E-state index contributed by atoms with van der Waals surface area (Å²) in [5.41, 5.74) is 4.37. The molecule has 0 aliphatic rings. The van der Waals surface area contributed by atoms with Gasteiger partial charge in [-0.1, -0.05) is 29.8 Å². The van der Waals surface area contributed by atoms with Crippen LogP contribution in [-0.4, -0.2) is 23.6 Å². The lowest BCUT2D eigenvalue weighted by molar-refractivity contribution is 0.414. The molecule has 1 aromatic heterocycles. The summed E-state index contributed by atoms with van der Waals surface area (Å²) in [4.78, 5) is 9.02. The second-order valence-electron chi connectivity index (χ2n) is 6.23. The Morgan fingerprint density at radius 3 is 2.35 bits per heavy atom. The Labute approximate surface area is 154 Å². The molecule has 2 aromatic carbocycles. The summed E-state index contributed by atoms with van der Waals surface area (Å²) in [5.74, 6) is 2.29. The quantitative estimate of drug-likeness (QED) is 0.658. The van der Waals surface area contributed by atoms with Crippen LogP contribution in [0.4, 0.5) is 17.5 Å². The molecule has 0 fully saturated rings. The molecule has 26 heavy (non-hydrogen) atoms. The molecule has 3 rings (SSSR count). The van der Waals surface area contributed by atoms with Gasteiger partial charge in [0.2, 0.25) is 5.95 Å². The van der Waals surface area contributed by atoms with Crippen molar-refractivity contribution in [2.24, 2.45) is 0 Å². The number of anilines is 3. The van der Waals surface area contributed by atoms with Crippen molar-refractivity contribution in [3.8, 4) is 5.75 Å². The zero-order valence-electron chi connectivity index (χ0n) is 15.4. The van der Waals surface area contributed by atoms with Gasteiger partial charge in [-0.2, -0.15) is 4.98 Å². The molecule has 0 saturated carbocycles. The van der Waals surface area contributed by atoms with Gasteiger partial charge in [-0.05, 0) is 50.1 Å². The topological polar surface area (TPSA) is 59.1 Å². The number of ether oxygens (including phenoxy) is 1. The largest absolute Gasteiger partial charge is 0.497 e. The first kappa shape index (κ1) is 17.7. The van der Waals surface area contributed by atoms with Crippen molar-refractivity contribution in [1.29, 1.82) is 0 Å². The van der Waals surface area contributed by atoms with Gasteiger partial charge in [-0.25, -0.2) is 4.98 Å². The van der Waals surface area contributed by atoms with Crippen LogP contribution < -0.4 is 15.4 Å². The first-order chi connectivity index (χ1) is 12.6. The van der Waals surface area contributed by atoms with Crippen molar-refractivity contribution in [2.75, 3.05) is 24.3 Å². The van der Waals surface area contributed by atoms with Gasteiger partial charge in [0.25, 0.3) is 0 Å². The van der Waals surface area contributed by atoms with Crippen LogP contribution >= 0.6 is 0 Å². The van der Waals surface area contributed by atoms with Gasteiger partial charge in [-0.3, -0.25) is 0 Å². The Kier molecular flexibility index (Phi) is 5.69. The predicted octanol–water partition coefficient (Wildman–Crippen LogP) is 4.50. The Morgan fingerprint density at radius 2 is 1.65 bits per heavy atom. The van der Waals surface area contributed by atoms with E-state index in [0.29, 0.717) is 5.95 Å². The van der Waals surface area contributed by atoms with Crippen LogP contribution in [-0.2, 0) is 6.42 Å². The van der Waals surface area contributed by atoms with E-state index in [-0.39, 0.29) is 0 Å². The normalized spacial score (nSPS) is 10.4. The third-order valence-electron chi connectivity index (χ3n) is 4.04. The maximum atomic E-state index is 5.19. The van der Waals surface area contributed by atoms with E-state index in [1.54, 1.807) is 7.11 Å². The lowest BCUT2D eigenvalue weighted by Crippen LogP contribution is -2.08.